The molecule has 2 atom stereocenters. The molecule has 2 aromatic rings. The number of aliphatic hydroxyl groups is 1. The summed E-state index contributed by atoms with van der Waals surface area (Å²) in [5.74, 6) is -5.06. The van der Waals surface area contributed by atoms with Crippen molar-refractivity contribution in [3.8, 4) is 0 Å². The van der Waals surface area contributed by atoms with E-state index in [-0.39, 0.29) is 12.4 Å². The lowest BCUT2D eigenvalue weighted by molar-refractivity contribution is -0.183. The maximum atomic E-state index is 14.9. The van der Waals surface area contributed by atoms with Crippen molar-refractivity contribution < 1.29 is 23.2 Å². The number of aromatic nitrogens is 3. The fourth-order valence-electron chi connectivity index (χ4n) is 4.64. The van der Waals surface area contributed by atoms with Crippen LogP contribution in [0.3, 0.4) is 0 Å². The Kier molecular flexibility index (Phi) is 6.60. The van der Waals surface area contributed by atoms with Crippen LogP contribution in [0.5, 0.6) is 0 Å². The maximum Gasteiger partial charge on any atom is 0.350 e. The molecule has 9 heteroatoms. The fraction of sp³-hybridized carbons (Fsp3) is 0.636. The number of rotatable bonds is 7. The summed E-state index contributed by atoms with van der Waals surface area (Å²) in [5, 5.41) is 14.3. The number of amides is 1. The molecule has 2 aliphatic rings. The lowest BCUT2D eigenvalue weighted by Crippen LogP contribution is -2.52. The molecule has 2 fully saturated rings. The average Bonchev–Trinajstić information content (AvgIpc) is 3.47. The standard InChI is InChI=1S/C22H28F2N4O3/c23-22(24,19(29)16-7-2-1-3-8-16)21(30)28-13-5-9-17(28)20-26-18(31-27-20)11-10-15-6-4-12-25-14-15/h4,6,12,14,16-17,19,29H,1-3,5,7-11,13H2/t17-,19?/m0/s1. The molecule has 1 saturated carbocycles. The number of aryl methyl sites for hydroxylation is 2. The van der Waals surface area contributed by atoms with Gasteiger partial charge < -0.3 is 14.5 Å². The van der Waals surface area contributed by atoms with Crippen LogP contribution in [0.4, 0.5) is 8.78 Å². The predicted molar refractivity (Wildman–Crippen MR) is 107 cm³/mol. The van der Waals surface area contributed by atoms with Gasteiger partial charge in [-0.25, -0.2) is 0 Å². The quantitative estimate of drug-likeness (QED) is 0.717. The number of carbonyl (C=O) groups excluding carboxylic acids is 1. The number of nitrogens with zero attached hydrogens (tertiary/aromatic N) is 4. The van der Waals surface area contributed by atoms with E-state index in [1.54, 1.807) is 12.4 Å². The molecule has 1 amide bonds. The first-order chi connectivity index (χ1) is 15.0. The van der Waals surface area contributed by atoms with Crippen molar-refractivity contribution in [2.75, 3.05) is 6.54 Å². The summed E-state index contributed by atoms with van der Waals surface area (Å²) < 4.78 is 35.2. The van der Waals surface area contributed by atoms with Gasteiger partial charge in [-0.1, -0.05) is 30.5 Å². The van der Waals surface area contributed by atoms with Gasteiger partial charge in [-0.3, -0.25) is 9.78 Å². The molecule has 1 N–H and O–H groups in total. The summed E-state index contributed by atoms with van der Waals surface area (Å²) in [6.07, 6.45) is 7.37. The first kappa shape index (κ1) is 21.8. The molecule has 7 nitrogen and oxygen atoms in total. The third kappa shape index (κ3) is 4.76. The number of pyridine rings is 1. The number of halogens is 2. The summed E-state index contributed by atoms with van der Waals surface area (Å²) in [4.78, 5) is 22.3. The van der Waals surface area contributed by atoms with Crippen molar-refractivity contribution in [3.63, 3.8) is 0 Å². The van der Waals surface area contributed by atoms with Gasteiger partial charge in [0.05, 0.1) is 6.04 Å². The van der Waals surface area contributed by atoms with Crippen LogP contribution in [-0.2, 0) is 17.6 Å². The smallest absolute Gasteiger partial charge is 0.350 e. The summed E-state index contributed by atoms with van der Waals surface area (Å²) in [6, 6.07) is 3.13. The van der Waals surface area contributed by atoms with Gasteiger partial charge in [0.1, 0.15) is 6.10 Å². The zero-order chi connectivity index (χ0) is 21.8. The van der Waals surface area contributed by atoms with E-state index in [0.717, 1.165) is 29.7 Å². The Labute approximate surface area is 179 Å². The topological polar surface area (TPSA) is 92.4 Å². The lowest BCUT2D eigenvalue weighted by atomic mass is 9.82. The Hall–Kier alpha value is -2.42. The second-order valence-corrected chi connectivity index (χ2v) is 8.53. The molecule has 0 radical (unpaired) electrons. The summed E-state index contributed by atoms with van der Waals surface area (Å²) in [7, 11) is 0. The van der Waals surface area contributed by atoms with E-state index < -0.39 is 29.9 Å². The molecule has 0 spiro atoms. The van der Waals surface area contributed by atoms with Crippen LogP contribution < -0.4 is 0 Å². The first-order valence-corrected chi connectivity index (χ1v) is 11.0. The predicted octanol–water partition coefficient (Wildman–Crippen LogP) is 3.49. The molecule has 168 valence electrons. The highest BCUT2D eigenvalue weighted by molar-refractivity contribution is 5.84. The van der Waals surface area contributed by atoms with E-state index in [0.29, 0.717) is 44.4 Å². The van der Waals surface area contributed by atoms with E-state index in [9.17, 15) is 18.7 Å². The van der Waals surface area contributed by atoms with Gasteiger partial charge in [0, 0.05) is 25.4 Å². The zero-order valence-electron chi connectivity index (χ0n) is 17.4. The molecule has 0 bridgehead atoms. The highest BCUT2D eigenvalue weighted by Gasteiger charge is 2.54. The number of likely N-dealkylation sites (tertiary alicyclic amines) is 1. The molecule has 1 saturated heterocycles. The highest BCUT2D eigenvalue weighted by atomic mass is 19.3. The van der Waals surface area contributed by atoms with Crippen molar-refractivity contribution >= 4 is 5.91 Å². The van der Waals surface area contributed by atoms with Crippen molar-refractivity contribution in [2.24, 2.45) is 5.92 Å². The van der Waals surface area contributed by atoms with E-state index in [1.807, 2.05) is 12.1 Å². The van der Waals surface area contributed by atoms with Crippen LogP contribution in [-0.4, -0.2) is 49.6 Å². The second-order valence-electron chi connectivity index (χ2n) is 8.53. The Balaban J connectivity index is 1.42. The van der Waals surface area contributed by atoms with Crippen LogP contribution in [0.25, 0.3) is 0 Å². The van der Waals surface area contributed by atoms with Gasteiger partial charge in [-0.2, -0.15) is 13.8 Å². The molecule has 3 heterocycles. The monoisotopic (exact) mass is 434 g/mol. The molecule has 1 aliphatic heterocycles. The molecular formula is C22H28F2N4O3. The number of carbonyl (C=O) groups is 1. The van der Waals surface area contributed by atoms with Gasteiger partial charge in [0.25, 0.3) is 5.91 Å². The molecule has 2 aromatic heterocycles. The Morgan fingerprint density at radius 1 is 1.23 bits per heavy atom. The van der Waals surface area contributed by atoms with Crippen LogP contribution in [0.15, 0.2) is 29.0 Å². The Morgan fingerprint density at radius 2 is 2.03 bits per heavy atom. The molecule has 1 unspecified atom stereocenters. The SMILES string of the molecule is O=C(N1CCC[C@H]1c1noc(CCc2cccnc2)n1)C(F)(F)C(O)C1CCCCC1. The lowest BCUT2D eigenvalue weighted by Gasteiger charge is -2.34. The van der Waals surface area contributed by atoms with Gasteiger partial charge in [-0.15, -0.1) is 0 Å². The van der Waals surface area contributed by atoms with Crippen LogP contribution in [0, 0.1) is 5.92 Å². The Bertz CT molecular complexity index is 871. The van der Waals surface area contributed by atoms with Gasteiger partial charge in [0.15, 0.2) is 5.82 Å². The summed E-state index contributed by atoms with van der Waals surface area (Å²) in [5.41, 5.74) is 1.02. The number of aliphatic hydroxyl groups excluding tert-OH is 1. The molecule has 0 aromatic carbocycles. The first-order valence-electron chi connectivity index (χ1n) is 11.0. The molecular weight excluding hydrogens is 406 g/mol. The van der Waals surface area contributed by atoms with E-state index in [2.05, 4.69) is 15.1 Å². The van der Waals surface area contributed by atoms with Crippen LogP contribution in [0.1, 0.15) is 68.3 Å². The van der Waals surface area contributed by atoms with E-state index in [1.165, 1.54) is 0 Å². The van der Waals surface area contributed by atoms with E-state index >= 15 is 0 Å². The van der Waals surface area contributed by atoms with Crippen molar-refractivity contribution in [1.29, 1.82) is 0 Å². The van der Waals surface area contributed by atoms with Gasteiger partial charge in [0.2, 0.25) is 5.89 Å². The van der Waals surface area contributed by atoms with Gasteiger partial charge in [-0.05, 0) is 49.7 Å². The Morgan fingerprint density at radius 3 is 2.77 bits per heavy atom. The number of hydrogen-bond donors (Lipinski definition) is 1. The van der Waals surface area contributed by atoms with Gasteiger partial charge >= 0.3 is 5.92 Å². The molecule has 31 heavy (non-hydrogen) atoms. The molecule has 1 aliphatic carbocycles. The maximum absolute atomic E-state index is 14.9. The van der Waals surface area contributed by atoms with Crippen LogP contribution in [0.2, 0.25) is 0 Å². The number of hydrogen-bond acceptors (Lipinski definition) is 6. The zero-order valence-corrected chi connectivity index (χ0v) is 17.4. The number of alkyl halides is 2. The third-order valence-electron chi connectivity index (χ3n) is 6.40. The van der Waals surface area contributed by atoms with E-state index in [4.69, 9.17) is 4.52 Å². The normalized spacial score (nSPS) is 21.4. The van der Waals surface area contributed by atoms with Crippen LogP contribution >= 0.6 is 0 Å². The van der Waals surface area contributed by atoms with Crippen molar-refractivity contribution in [2.45, 2.75) is 75.9 Å². The minimum atomic E-state index is -3.82. The van der Waals surface area contributed by atoms with Crippen molar-refractivity contribution in [1.82, 2.24) is 20.0 Å². The molecule has 4 rings (SSSR count). The summed E-state index contributed by atoms with van der Waals surface area (Å²) in [6.45, 7) is 0.191. The van der Waals surface area contributed by atoms with Crippen molar-refractivity contribution in [3.05, 3.63) is 41.8 Å². The summed E-state index contributed by atoms with van der Waals surface area (Å²) >= 11 is 0. The third-order valence-corrected chi connectivity index (χ3v) is 6.40. The second kappa shape index (κ2) is 9.38. The highest BCUT2D eigenvalue weighted by Crippen LogP contribution is 2.38. The average molecular weight is 434 g/mol. The minimum Gasteiger partial charge on any atom is -0.386 e. The largest absolute Gasteiger partial charge is 0.386 e. The minimum absolute atomic E-state index is 0.191. The fourth-order valence-corrected chi connectivity index (χ4v) is 4.64.